The number of aliphatic carboxylic acids is 1. The lowest BCUT2D eigenvalue weighted by molar-refractivity contribution is -0.141. The summed E-state index contributed by atoms with van der Waals surface area (Å²) in [7, 11) is 0. The van der Waals surface area contributed by atoms with Crippen molar-refractivity contribution < 1.29 is 14.7 Å². The van der Waals surface area contributed by atoms with Crippen LogP contribution in [0.2, 0.25) is 0 Å². The smallest absolute Gasteiger partial charge is 0.306 e. The highest BCUT2D eigenvalue weighted by atomic mass is 16.4. The Morgan fingerprint density at radius 3 is 2.56 bits per heavy atom. The van der Waals surface area contributed by atoms with E-state index in [2.05, 4.69) is 16.6 Å². The Morgan fingerprint density at radius 2 is 2.00 bits per heavy atom. The average molecular weight is 254 g/mol. The minimum absolute atomic E-state index is 0.126. The summed E-state index contributed by atoms with van der Waals surface area (Å²) in [5.74, 6) is 1.13. The largest absolute Gasteiger partial charge is 0.481 e. The molecule has 0 aliphatic heterocycles. The maximum atomic E-state index is 11.2. The van der Waals surface area contributed by atoms with Crippen molar-refractivity contribution in [3.63, 3.8) is 0 Å². The lowest BCUT2D eigenvalue weighted by atomic mass is 10.0. The first-order valence-corrected chi connectivity index (χ1v) is 6.13. The molecule has 2 unspecified atom stereocenters. The molecule has 0 saturated carbocycles. The standard InChI is InChI=1S/C13H22N2O3/c1-4-8-14-12(16)9-15-11(3)7-5-6-10(2)13(17)18/h1,10-11,15H,5-9H2,2-3H3,(H,14,16)(H,17,18). The molecule has 0 aliphatic carbocycles. The highest BCUT2D eigenvalue weighted by Gasteiger charge is 2.11. The van der Waals surface area contributed by atoms with E-state index in [-0.39, 0.29) is 31.0 Å². The summed E-state index contributed by atoms with van der Waals surface area (Å²) in [6.07, 6.45) is 7.35. The van der Waals surface area contributed by atoms with E-state index in [1.165, 1.54) is 0 Å². The van der Waals surface area contributed by atoms with Gasteiger partial charge in [0.15, 0.2) is 0 Å². The number of carbonyl (C=O) groups is 2. The summed E-state index contributed by atoms with van der Waals surface area (Å²) in [5, 5.41) is 14.3. The van der Waals surface area contributed by atoms with Gasteiger partial charge in [-0.25, -0.2) is 0 Å². The van der Waals surface area contributed by atoms with Gasteiger partial charge in [0.25, 0.3) is 0 Å². The van der Waals surface area contributed by atoms with Crippen molar-refractivity contribution in [3.05, 3.63) is 0 Å². The van der Waals surface area contributed by atoms with Crippen LogP contribution in [0.4, 0.5) is 0 Å². The third kappa shape index (κ3) is 8.59. The Labute approximate surface area is 108 Å². The Morgan fingerprint density at radius 1 is 1.33 bits per heavy atom. The zero-order valence-electron chi connectivity index (χ0n) is 11.0. The first kappa shape index (κ1) is 16.5. The number of hydrogen-bond acceptors (Lipinski definition) is 3. The Kier molecular flexibility index (Phi) is 8.67. The number of amides is 1. The van der Waals surface area contributed by atoms with Gasteiger partial charge in [0.05, 0.1) is 19.0 Å². The molecule has 5 nitrogen and oxygen atoms in total. The van der Waals surface area contributed by atoms with Crippen molar-refractivity contribution in [1.82, 2.24) is 10.6 Å². The van der Waals surface area contributed by atoms with Gasteiger partial charge in [0.1, 0.15) is 0 Å². The topological polar surface area (TPSA) is 78.4 Å². The fraction of sp³-hybridized carbons (Fsp3) is 0.692. The number of hydrogen-bond donors (Lipinski definition) is 3. The van der Waals surface area contributed by atoms with E-state index in [1.54, 1.807) is 6.92 Å². The minimum Gasteiger partial charge on any atom is -0.481 e. The zero-order chi connectivity index (χ0) is 14.0. The van der Waals surface area contributed by atoms with Crippen molar-refractivity contribution in [2.75, 3.05) is 13.1 Å². The zero-order valence-corrected chi connectivity index (χ0v) is 11.0. The maximum Gasteiger partial charge on any atom is 0.306 e. The third-order valence-electron chi connectivity index (χ3n) is 2.69. The molecule has 18 heavy (non-hydrogen) atoms. The molecule has 0 aromatic carbocycles. The molecule has 0 rings (SSSR count). The molecule has 0 bridgehead atoms. The number of nitrogens with one attached hydrogen (secondary N) is 2. The van der Waals surface area contributed by atoms with Crippen LogP contribution < -0.4 is 10.6 Å². The Hall–Kier alpha value is -1.54. The minimum atomic E-state index is -0.760. The van der Waals surface area contributed by atoms with Gasteiger partial charge in [-0.05, 0) is 19.8 Å². The molecule has 0 spiro atoms. The van der Waals surface area contributed by atoms with Gasteiger partial charge in [0, 0.05) is 6.04 Å². The Bertz CT molecular complexity index is 310. The van der Waals surface area contributed by atoms with Crippen LogP contribution in [0.15, 0.2) is 0 Å². The third-order valence-corrected chi connectivity index (χ3v) is 2.69. The maximum absolute atomic E-state index is 11.2. The number of rotatable bonds is 9. The molecular weight excluding hydrogens is 232 g/mol. The quantitative estimate of drug-likeness (QED) is 0.527. The van der Waals surface area contributed by atoms with Crippen LogP contribution in [0, 0.1) is 18.3 Å². The van der Waals surface area contributed by atoms with Gasteiger partial charge in [-0.2, -0.15) is 0 Å². The molecule has 1 amide bonds. The van der Waals surface area contributed by atoms with Crippen LogP contribution in [0.3, 0.4) is 0 Å². The molecule has 0 radical (unpaired) electrons. The fourth-order valence-electron chi connectivity index (χ4n) is 1.43. The molecule has 0 heterocycles. The van der Waals surface area contributed by atoms with Crippen LogP contribution >= 0.6 is 0 Å². The summed E-state index contributed by atoms with van der Waals surface area (Å²) in [4.78, 5) is 21.8. The van der Waals surface area contributed by atoms with Gasteiger partial charge in [0.2, 0.25) is 5.91 Å². The van der Waals surface area contributed by atoms with E-state index in [0.717, 1.165) is 12.8 Å². The molecule has 0 saturated heterocycles. The van der Waals surface area contributed by atoms with Gasteiger partial charge >= 0.3 is 5.97 Å². The molecule has 5 heteroatoms. The molecule has 0 fully saturated rings. The fourth-order valence-corrected chi connectivity index (χ4v) is 1.43. The average Bonchev–Trinajstić information content (AvgIpc) is 2.33. The van der Waals surface area contributed by atoms with Crippen LogP contribution in [0.25, 0.3) is 0 Å². The van der Waals surface area contributed by atoms with E-state index in [1.807, 2.05) is 6.92 Å². The predicted octanol–water partition coefficient (Wildman–Crippen LogP) is 0.605. The second-order valence-corrected chi connectivity index (χ2v) is 4.43. The highest BCUT2D eigenvalue weighted by molar-refractivity contribution is 5.78. The number of carbonyl (C=O) groups excluding carboxylic acids is 1. The molecule has 102 valence electrons. The van der Waals surface area contributed by atoms with Crippen LogP contribution in [-0.2, 0) is 9.59 Å². The summed E-state index contributed by atoms with van der Waals surface area (Å²) < 4.78 is 0. The van der Waals surface area contributed by atoms with Gasteiger partial charge in [-0.15, -0.1) is 6.42 Å². The monoisotopic (exact) mass is 254 g/mol. The highest BCUT2D eigenvalue weighted by Crippen LogP contribution is 2.09. The van der Waals surface area contributed by atoms with Gasteiger partial charge in [-0.1, -0.05) is 19.3 Å². The number of terminal acetylenes is 1. The first-order valence-electron chi connectivity index (χ1n) is 6.13. The van der Waals surface area contributed by atoms with Crippen molar-refractivity contribution in [3.8, 4) is 12.3 Å². The Balaban J connectivity index is 3.60. The summed E-state index contributed by atoms with van der Waals surface area (Å²) in [6, 6.07) is 0.183. The van der Waals surface area contributed by atoms with E-state index in [0.29, 0.717) is 6.42 Å². The lowest BCUT2D eigenvalue weighted by Gasteiger charge is -2.14. The number of carboxylic acid groups (broad SMARTS) is 1. The molecule has 0 aromatic rings. The SMILES string of the molecule is C#CCNC(=O)CNC(C)CCCC(C)C(=O)O. The summed E-state index contributed by atoms with van der Waals surface area (Å²) in [5.41, 5.74) is 0. The van der Waals surface area contributed by atoms with Crippen molar-refractivity contribution in [2.45, 2.75) is 39.2 Å². The summed E-state index contributed by atoms with van der Waals surface area (Å²) in [6.45, 7) is 4.15. The van der Waals surface area contributed by atoms with Gasteiger partial charge < -0.3 is 15.7 Å². The van der Waals surface area contributed by atoms with Crippen LogP contribution in [0.5, 0.6) is 0 Å². The van der Waals surface area contributed by atoms with E-state index in [9.17, 15) is 9.59 Å². The molecule has 0 aliphatic rings. The van der Waals surface area contributed by atoms with E-state index >= 15 is 0 Å². The lowest BCUT2D eigenvalue weighted by Crippen LogP contribution is -2.38. The molecule has 3 N–H and O–H groups in total. The van der Waals surface area contributed by atoms with Crippen LogP contribution in [0.1, 0.15) is 33.1 Å². The van der Waals surface area contributed by atoms with Crippen molar-refractivity contribution >= 4 is 11.9 Å². The second-order valence-electron chi connectivity index (χ2n) is 4.43. The molecule has 2 atom stereocenters. The molecule has 0 aromatic heterocycles. The van der Waals surface area contributed by atoms with Crippen LogP contribution in [-0.4, -0.2) is 36.1 Å². The second kappa shape index (κ2) is 9.49. The number of carboxylic acids is 1. The van der Waals surface area contributed by atoms with E-state index < -0.39 is 5.97 Å². The van der Waals surface area contributed by atoms with Crippen molar-refractivity contribution in [2.24, 2.45) is 5.92 Å². The molecular formula is C13H22N2O3. The van der Waals surface area contributed by atoms with E-state index in [4.69, 9.17) is 11.5 Å². The normalized spacial score (nSPS) is 13.4. The van der Waals surface area contributed by atoms with Crippen molar-refractivity contribution in [1.29, 1.82) is 0 Å². The van der Waals surface area contributed by atoms with Gasteiger partial charge in [-0.3, -0.25) is 9.59 Å². The summed E-state index contributed by atoms with van der Waals surface area (Å²) >= 11 is 0. The first-order chi connectivity index (χ1) is 8.47. The predicted molar refractivity (Wildman–Crippen MR) is 70.0 cm³/mol.